The van der Waals surface area contributed by atoms with Crippen molar-refractivity contribution in [2.45, 2.75) is 20.3 Å². The molecule has 0 fully saturated rings. The monoisotopic (exact) mass is 221 g/mol. The van der Waals surface area contributed by atoms with E-state index in [2.05, 4.69) is 5.32 Å². The third-order valence-electron chi connectivity index (χ3n) is 1.93. The van der Waals surface area contributed by atoms with Crippen molar-refractivity contribution in [2.75, 3.05) is 11.9 Å². The minimum absolute atomic E-state index is 0.264. The van der Waals surface area contributed by atoms with Crippen LogP contribution < -0.4 is 5.32 Å². The van der Waals surface area contributed by atoms with Crippen molar-refractivity contribution in [1.82, 2.24) is 0 Å². The number of hydrogen-bond acceptors (Lipinski definition) is 3. The zero-order chi connectivity index (χ0) is 12.0. The Morgan fingerprint density at radius 3 is 2.44 bits per heavy atom. The van der Waals surface area contributed by atoms with Crippen molar-refractivity contribution in [3.05, 3.63) is 29.8 Å². The van der Waals surface area contributed by atoms with E-state index in [1.807, 2.05) is 26.0 Å². The van der Waals surface area contributed by atoms with Crippen LogP contribution in [0.2, 0.25) is 0 Å². The number of ether oxygens (including phenoxy) is 1. The number of nitrogens with one attached hydrogen (secondary N) is 1. The highest BCUT2D eigenvalue weighted by Gasteiger charge is 2.14. The van der Waals surface area contributed by atoms with Crippen LogP contribution in [0.4, 0.5) is 5.69 Å². The second-order valence-corrected chi connectivity index (χ2v) is 3.46. The van der Waals surface area contributed by atoms with Crippen molar-refractivity contribution in [2.24, 2.45) is 0 Å². The third-order valence-corrected chi connectivity index (χ3v) is 1.93. The Morgan fingerprint density at radius 2 is 1.88 bits per heavy atom. The summed E-state index contributed by atoms with van der Waals surface area (Å²) in [6.07, 6.45) is 0.698. The lowest BCUT2D eigenvalue weighted by Gasteiger charge is -2.05. The van der Waals surface area contributed by atoms with Crippen LogP contribution in [-0.4, -0.2) is 18.5 Å². The number of esters is 1. The largest absolute Gasteiger partial charge is 0.459 e. The van der Waals surface area contributed by atoms with Crippen molar-refractivity contribution >= 4 is 17.6 Å². The van der Waals surface area contributed by atoms with Crippen LogP contribution >= 0.6 is 0 Å². The van der Waals surface area contributed by atoms with E-state index in [9.17, 15) is 9.59 Å². The van der Waals surface area contributed by atoms with Gasteiger partial charge < -0.3 is 10.1 Å². The summed E-state index contributed by atoms with van der Waals surface area (Å²) in [5.41, 5.74) is 1.68. The highest BCUT2D eigenvalue weighted by atomic mass is 16.5. The van der Waals surface area contributed by atoms with Crippen LogP contribution in [0.15, 0.2) is 24.3 Å². The molecule has 0 unspecified atom stereocenters. The van der Waals surface area contributed by atoms with Gasteiger partial charge in [-0.1, -0.05) is 24.6 Å². The first-order chi connectivity index (χ1) is 7.63. The SMILES string of the molecule is CCCOC(=O)C(=O)Nc1ccc(C)cc1. The van der Waals surface area contributed by atoms with Crippen LogP contribution in [0, 0.1) is 6.92 Å². The zero-order valence-electron chi connectivity index (χ0n) is 9.45. The number of carbonyl (C=O) groups excluding carboxylic acids is 2. The Morgan fingerprint density at radius 1 is 1.25 bits per heavy atom. The van der Waals surface area contributed by atoms with Gasteiger partial charge in [-0.15, -0.1) is 0 Å². The van der Waals surface area contributed by atoms with E-state index in [1.54, 1.807) is 12.1 Å². The lowest BCUT2D eigenvalue weighted by Crippen LogP contribution is -2.25. The van der Waals surface area contributed by atoms with Gasteiger partial charge in [0.1, 0.15) is 0 Å². The fourth-order valence-corrected chi connectivity index (χ4v) is 1.08. The summed E-state index contributed by atoms with van der Waals surface area (Å²) in [6.45, 7) is 4.08. The van der Waals surface area contributed by atoms with Gasteiger partial charge in [-0.2, -0.15) is 0 Å². The van der Waals surface area contributed by atoms with E-state index < -0.39 is 11.9 Å². The molecule has 4 heteroatoms. The van der Waals surface area contributed by atoms with E-state index in [-0.39, 0.29) is 6.61 Å². The second-order valence-electron chi connectivity index (χ2n) is 3.46. The quantitative estimate of drug-likeness (QED) is 0.626. The highest BCUT2D eigenvalue weighted by molar-refractivity contribution is 6.37. The fraction of sp³-hybridized carbons (Fsp3) is 0.333. The van der Waals surface area contributed by atoms with E-state index in [0.29, 0.717) is 12.1 Å². The van der Waals surface area contributed by atoms with Gasteiger partial charge in [-0.25, -0.2) is 4.79 Å². The van der Waals surface area contributed by atoms with Gasteiger partial charge in [-0.05, 0) is 25.5 Å². The maximum atomic E-state index is 11.3. The standard InChI is InChI=1S/C12H15NO3/c1-3-8-16-12(15)11(14)13-10-6-4-9(2)5-7-10/h4-7H,3,8H2,1-2H3,(H,13,14). The summed E-state index contributed by atoms with van der Waals surface area (Å²) < 4.78 is 4.70. The van der Waals surface area contributed by atoms with Crippen LogP contribution in [0.5, 0.6) is 0 Å². The normalized spacial score (nSPS) is 9.62. The average molecular weight is 221 g/mol. The predicted molar refractivity (Wildman–Crippen MR) is 61.1 cm³/mol. The Kier molecular flexibility index (Phi) is 4.51. The molecule has 0 atom stereocenters. The van der Waals surface area contributed by atoms with Crippen LogP contribution in [0.25, 0.3) is 0 Å². The zero-order valence-corrected chi connectivity index (χ0v) is 9.45. The summed E-state index contributed by atoms with van der Waals surface area (Å²) in [4.78, 5) is 22.5. The number of rotatable bonds is 3. The number of carbonyl (C=O) groups is 2. The predicted octanol–water partition coefficient (Wildman–Crippen LogP) is 1.89. The lowest BCUT2D eigenvalue weighted by molar-refractivity contribution is -0.152. The molecule has 1 rings (SSSR count). The van der Waals surface area contributed by atoms with E-state index >= 15 is 0 Å². The molecule has 1 aromatic carbocycles. The first kappa shape index (κ1) is 12.2. The number of hydrogen-bond donors (Lipinski definition) is 1. The van der Waals surface area contributed by atoms with Gasteiger partial charge in [0.15, 0.2) is 0 Å². The van der Waals surface area contributed by atoms with Gasteiger partial charge >= 0.3 is 11.9 Å². The molecule has 4 nitrogen and oxygen atoms in total. The number of aryl methyl sites for hydroxylation is 1. The Labute approximate surface area is 94.6 Å². The second kappa shape index (κ2) is 5.90. The van der Waals surface area contributed by atoms with E-state index in [1.165, 1.54) is 0 Å². The van der Waals surface area contributed by atoms with Gasteiger partial charge in [0.05, 0.1) is 6.61 Å². The Balaban J connectivity index is 2.51. The molecule has 0 aliphatic carbocycles. The van der Waals surface area contributed by atoms with E-state index in [4.69, 9.17) is 4.74 Å². The molecule has 0 bridgehead atoms. The summed E-state index contributed by atoms with van der Waals surface area (Å²) in [6, 6.07) is 7.18. The number of benzene rings is 1. The van der Waals surface area contributed by atoms with Crippen molar-refractivity contribution in [3.8, 4) is 0 Å². The molecule has 1 aromatic rings. The number of anilines is 1. The van der Waals surface area contributed by atoms with E-state index in [0.717, 1.165) is 5.56 Å². The van der Waals surface area contributed by atoms with Crippen molar-refractivity contribution in [3.63, 3.8) is 0 Å². The summed E-state index contributed by atoms with van der Waals surface area (Å²) in [5, 5.41) is 2.46. The average Bonchev–Trinajstić information content (AvgIpc) is 2.29. The van der Waals surface area contributed by atoms with Gasteiger partial charge in [0, 0.05) is 5.69 Å². The van der Waals surface area contributed by atoms with Crippen LogP contribution in [0.3, 0.4) is 0 Å². The summed E-state index contributed by atoms with van der Waals surface area (Å²) >= 11 is 0. The smallest absolute Gasteiger partial charge is 0.397 e. The van der Waals surface area contributed by atoms with Gasteiger partial charge in [-0.3, -0.25) is 4.79 Å². The first-order valence-electron chi connectivity index (χ1n) is 5.18. The molecule has 1 N–H and O–H groups in total. The molecule has 0 radical (unpaired) electrons. The highest BCUT2D eigenvalue weighted by Crippen LogP contribution is 2.08. The van der Waals surface area contributed by atoms with Crippen molar-refractivity contribution in [1.29, 1.82) is 0 Å². The number of amides is 1. The van der Waals surface area contributed by atoms with Crippen LogP contribution in [0.1, 0.15) is 18.9 Å². The summed E-state index contributed by atoms with van der Waals surface area (Å²) in [5.74, 6) is -1.58. The Bertz CT molecular complexity index is 370. The lowest BCUT2D eigenvalue weighted by atomic mass is 10.2. The molecule has 0 saturated carbocycles. The molecular formula is C12H15NO3. The maximum Gasteiger partial charge on any atom is 0.397 e. The van der Waals surface area contributed by atoms with Gasteiger partial charge in [0.2, 0.25) is 0 Å². The minimum atomic E-state index is -0.845. The third kappa shape index (κ3) is 3.73. The maximum absolute atomic E-state index is 11.3. The van der Waals surface area contributed by atoms with Crippen molar-refractivity contribution < 1.29 is 14.3 Å². The molecule has 0 saturated heterocycles. The topological polar surface area (TPSA) is 55.4 Å². The molecule has 1 amide bonds. The molecule has 16 heavy (non-hydrogen) atoms. The molecule has 0 aliphatic heterocycles. The Hall–Kier alpha value is -1.84. The molecule has 0 heterocycles. The first-order valence-corrected chi connectivity index (χ1v) is 5.18. The summed E-state index contributed by atoms with van der Waals surface area (Å²) in [7, 11) is 0. The fourth-order valence-electron chi connectivity index (χ4n) is 1.08. The van der Waals surface area contributed by atoms with Crippen LogP contribution in [-0.2, 0) is 14.3 Å². The molecule has 0 spiro atoms. The minimum Gasteiger partial charge on any atom is -0.459 e. The van der Waals surface area contributed by atoms with Gasteiger partial charge in [0.25, 0.3) is 0 Å². The molecule has 0 aromatic heterocycles. The molecule has 86 valence electrons. The molecular weight excluding hydrogens is 206 g/mol. The molecule has 0 aliphatic rings.